The Morgan fingerprint density at radius 1 is 1.53 bits per heavy atom. The fraction of sp³-hybridized carbons (Fsp3) is 0.308. The maximum absolute atomic E-state index is 5.20. The van der Waals surface area contributed by atoms with Crippen LogP contribution in [-0.4, -0.2) is 16.7 Å². The molecule has 90 valence electrons. The molecule has 0 fully saturated rings. The van der Waals surface area contributed by atoms with Gasteiger partial charge in [0.15, 0.2) is 0 Å². The quantitative estimate of drug-likeness (QED) is 0.665. The molecule has 0 saturated carbocycles. The maximum atomic E-state index is 5.20. The number of hydrogen-bond donors (Lipinski definition) is 1. The van der Waals surface area contributed by atoms with Crippen molar-refractivity contribution in [2.24, 2.45) is 0 Å². The van der Waals surface area contributed by atoms with Gasteiger partial charge in [-0.3, -0.25) is 0 Å². The molecule has 4 heteroatoms. The fourth-order valence-electron chi connectivity index (χ4n) is 1.85. The molecule has 0 aliphatic rings. The van der Waals surface area contributed by atoms with Crippen molar-refractivity contribution in [1.29, 1.82) is 0 Å². The van der Waals surface area contributed by atoms with Crippen LogP contribution < -0.4 is 4.74 Å². The van der Waals surface area contributed by atoms with Crippen LogP contribution in [0.25, 0.3) is 11.0 Å². The van der Waals surface area contributed by atoms with Gasteiger partial charge >= 0.3 is 0 Å². The first kappa shape index (κ1) is 12.0. The molecule has 0 saturated heterocycles. The van der Waals surface area contributed by atoms with Gasteiger partial charge < -0.3 is 9.30 Å². The molecule has 2 aromatic rings. The van der Waals surface area contributed by atoms with Crippen molar-refractivity contribution >= 4 is 23.7 Å². The minimum absolute atomic E-state index is 0.615. The molecule has 0 unspecified atom stereocenters. The second-order valence-corrected chi connectivity index (χ2v) is 4.40. The van der Waals surface area contributed by atoms with E-state index < -0.39 is 0 Å². The smallest absolute Gasteiger partial charge is 0.121 e. The second-order valence-electron chi connectivity index (χ2n) is 4.08. The first-order chi connectivity index (χ1) is 8.15. The van der Waals surface area contributed by atoms with Crippen molar-refractivity contribution in [3.8, 4) is 5.75 Å². The molecule has 0 amide bonds. The summed E-state index contributed by atoms with van der Waals surface area (Å²) < 4.78 is 7.34. The van der Waals surface area contributed by atoms with Gasteiger partial charge in [0.25, 0.3) is 0 Å². The van der Waals surface area contributed by atoms with Crippen LogP contribution in [-0.2, 0) is 12.3 Å². The number of aromatic nitrogens is 2. The minimum Gasteiger partial charge on any atom is -0.497 e. The summed E-state index contributed by atoms with van der Waals surface area (Å²) in [6, 6.07) is 5.91. The summed E-state index contributed by atoms with van der Waals surface area (Å²) in [6.07, 6.45) is 0. The summed E-state index contributed by atoms with van der Waals surface area (Å²) in [5, 5.41) is 0. The molecule has 0 bridgehead atoms. The molecule has 0 aliphatic carbocycles. The Morgan fingerprint density at radius 2 is 2.29 bits per heavy atom. The molecule has 0 radical (unpaired) electrons. The topological polar surface area (TPSA) is 27.1 Å². The highest BCUT2D eigenvalue weighted by molar-refractivity contribution is 7.79. The Kier molecular flexibility index (Phi) is 3.43. The zero-order chi connectivity index (χ0) is 12.4. The number of imidazole rings is 1. The highest BCUT2D eigenvalue weighted by Gasteiger charge is 2.10. The third kappa shape index (κ3) is 2.31. The predicted molar refractivity (Wildman–Crippen MR) is 73.8 cm³/mol. The van der Waals surface area contributed by atoms with E-state index in [4.69, 9.17) is 4.74 Å². The van der Waals surface area contributed by atoms with Crippen LogP contribution in [0, 0.1) is 0 Å². The van der Waals surface area contributed by atoms with Crippen molar-refractivity contribution in [3.63, 3.8) is 0 Å². The van der Waals surface area contributed by atoms with E-state index in [2.05, 4.69) is 28.8 Å². The van der Waals surface area contributed by atoms with E-state index >= 15 is 0 Å². The van der Waals surface area contributed by atoms with E-state index in [0.29, 0.717) is 5.75 Å². The molecule has 1 aromatic heterocycles. The third-order valence-electron chi connectivity index (χ3n) is 2.60. The number of hydrogen-bond acceptors (Lipinski definition) is 3. The Morgan fingerprint density at radius 3 is 2.88 bits per heavy atom. The normalized spacial score (nSPS) is 10.8. The van der Waals surface area contributed by atoms with Crippen LogP contribution in [0.2, 0.25) is 0 Å². The van der Waals surface area contributed by atoms with Gasteiger partial charge in [-0.15, -0.1) is 0 Å². The average Bonchev–Trinajstić information content (AvgIpc) is 2.65. The summed E-state index contributed by atoms with van der Waals surface area (Å²) >= 11 is 4.32. The predicted octanol–water partition coefficient (Wildman–Crippen LogP) is 3.05. The minimum atomic E-state index is 0.615. The molecule has 2 rings (SSSR count). The molecule has 0 atom stereocenters. The SMILES string of the molecule is C=C(C)Cn1c(CS)nc2cc(OC)ccc21. The summed E-state index contributed by atoms with van der Waals surface area (Å²) in [5.41, 5.74) is 3.13. The van der Waals surface area contributed by atoms with Gasteiger partial charge in [-0.25, -0.2) is 4.98 Å². The maximum Gasteiger partial charge on any atom is 0.121 e. The number of allylic oxidation sites excluding steroid dienone is 1. The van der Waals surface area contributed by atoms with E-state index in [1.54, 1.807) is 7.11 Å². The second kappa shape index (κ2) is 4.84. The fourth-order valence-corrected chi connectivity index (χ4v) is 2.09. The van der Waals surface area contributed by atoms with Crippen molar-refractivity contribution in [3.05, 3.63) is 36.2 Å². The average molecular weight is 248 g/mol. The monoisotopic (exact) mass is 248 g/mol. The lowest BCUT2D eigenvalue weighted by Crippen LogP contribution is -2.02. The van der Waals surface area contributed by atoms with E-state index in [-0.39, 0.29) is 0 Å². The van der Waals surface area contributed by atoms with Gasteiger partial charge in [-0.1, -0.05) is 12.2 Å². The zero-order valence-electron chi connectivity index (χ0n) is 10.1. The van der Waals surface area contributed by atoms with E-state index in [9.17, 15) is 0 Å². The van der Waals surface area contributed by atoms with Gasteiger partial charge in [-0.05, 0) is 19.1 Å². The molecule has 1 heterocycles. The number of ether oxygens (including phenoxy) is 1. The first-order valence-electron chi connectivity index (χ1n) is 5.44. The van der Waals surface area contributed by atoms with Crippen LogP contribution in [0.4, 0.5) is 0 Å². The van der Waals surface area contributed by atoms with Gasteiger partial charge in [0, 0.05) is 18.4 Å². The summed E-state index contributed by atoms with van der Waals surface area (Å²) in [7, 11) is 1.66. The number of fused-ring (bicyclic) bond motifs is 1. The Bertz CT molecular complexity index is 560. The highest BCUT2D eigenvalue weighted by atomic mass is 32.1. The Hall–Kier alpha value is -1.42. The van der Waals surface area contributed by atoms with E-state index in [1.165, 1.54) is 0 Å². The van der Waals surface area contributed by atoms with Crippen molar-refractivity contribution in [2.45, 2.75) is 19.2 Å². The van der Waals surface area contributed by atoms with Crippen LogP contribution in [0.1, 0.15) is 12.7 Å². The van der Waals surface area contributed by atoms with Crippen LogP contribution in [0.5, 0.6) is 5.75 Å². The van der Waals surface area contributed by atoms with Crippen molar-refractivity contribution < 1.29 is 4.74 Å². The highest BCUT2D eigenvalue weighted by Crippen LogP contribution is 2.23. The number of nitrogens with zero attached hydrogens (tertiary/aromatic N) is 2. The number of benzene rings is 1. The van der Waals surface area contributed by atoms with Crippen molar-refractivity contribution in [1.82, 2.24) is 9.55 Å². The molecule has 17 heavy (non-hydrogen) atoms. The van der Waals surface area contributed by atoms with Gasteiger partial charge in [-0.2, -0.15) is 12.6 Å². The molecule has 0 spiro atoms. The molecule has 0 aliphatic heterocycles. The van der Waals surface area contributed by atoms with Gasteiger partial charge in [0.1, 0.15) is 11.6 Å². The molecule has 0 N–H and O–H groups in total. The first-order valence-corrected chi connectivity index (χ1v) is 6.07. The lowest BCUT2D eigenvalue weighted by atomic mass is 10.3. The van der Waals surface area contributed by atoms with E-state index in [1.807, 2.05) is 25.1 Å². The Labute approximate surface area is 107 Å². The lowest BCUT2D eigenvalue weighted by molar-refractivity contribution is 0.415. The summed E-state index contributed by atoms with van der Waals surface area (Å²) in [6.45, 7) is 6.74. The molecule has 1 aromatic carbocycles. The number of methoxy groups -OCH3 is 1. The number of rotatable bonds is 4. The van der Waals surface area contributed by atoms with Gasteiger partial charge in [0.2, 0.25) is 0 Å². The van der Waals surface area contributed by atoms with Crippen LogP contribution in [0.15, 0.2) is 30.4 Å². The third-order valence-corrected chi connectivity index (χ3v) is 2.89. The number of thiol groups is 1. The zero-order valence-corrected chi connectivity index (χ0v) is 11.0. The molecular formula is C13H16N2OS. The summed E-state index contributed by atoms with van der Waals surface area (Å²) in [5.74, 6) is 2.40. The molecule has 3 nitrogen and oxygen atoms in total. The standard InChI is InChI=1S/C13H16N2OS/c1-9(2)7-15-12-5-4-10(16-3)6-11(12)14-13(15)8-17/h4-6,17H,1,7-8H2,2-3H3. The largest absolute Gasteiger partial charge is 0.497 e. The van der Waals surface area contributed by atoms with Gasteiger partial charge in [0.05, 0.1) is 18.1 Å². The lowest BCUT2D eigenvalue weighted by Gasteiger charge is -2.07. The molecular weight excluding hydrogens is 232 g/mol. The van der Waals surface area contributed by atoms with Crippen LogP contribution >= 0.6 is 12.6 Å². The van der Waals surface area contributed by atoms with Crippen LogP contribution in [0.3, 0.4) is 0 Å². The summed E-state index contributed by atoms with van der Waals surface area (Å²) in [4.78, 5) is 4.56. The van der Waals surface area contributed by atoms with E-state index in [0.717, 1.165) is 34.7 Å². The van der Waals surface area contributed by atoms with Crippen molar-refractivity contribution in [2.75, 3.05) is 7.11 Å². The Balaban J connectivity index is 2.59.